The molecular weight excluding hydrogens is 466 g/mol. The van der Waals surface area contributed by atoms with Crippen LogP contribution in [-0.4, -0.2) is 61.0 Å². The zero-order valence-corrected chi connectivity index (χ0v) is 21.6. The van der Waals surface area contributed by atoms with Crippen LogP contribution in [0, 0.1) is 0 Å². The van der Waals surface area contributed by atoms with E-state index < -0.39 is 0 Å². The van der Waals surface area contributed by atoms with Gasteiger partial charge in [-0.1, -0.05) is 36.4 Å². The third-order valence-electron chi connectivity index (χ3n) is 6.09. The average molecular weight is 502 g/mol. The first-order chi connectivity index (χ1) is 17.9. The minimum Gasteiger partial charge on any atom is -0.400 e. The van der Waals surface area contributed by atoms with E-state index in [0.29, 0.717) is 49.2 Å². The Kier molecular flexibility index (Phi) is 8.22. The maximum Gasteiger partial charge on any atom is 0.263 e. The zero-order valence-electron chi connectivity index (χ0n) is 21.6. The first-order valence-electron chi connectivity index (χ1n) is 12.3. The van der Waals surface area contributed by atoms with Crippen LogP contribution in [0.5, 0.6) is 0 Å². The molecule has 0 spiro atoms. The third kappa shape index (κ3) is 6.35. The maximum atomic E-state index is 13.5. The molecule has 2 heterocycles. The fourth-order valence-electron chi connectivity index (χ4n) is 4.29. The van der Waals surface area contributed by atoms with Gasteiger partial charge in [-0.25, -0.2) is 10.8 Å². The molecule has 0 unspecified atom stereocenters. The zero-order chi connectivity index (χ0) is 26.4. The van der Waals surface area contributed by atoms with Crippen LogP contribution in [0.25, 0.3) is 0 Å². The van der Waals surface area contributed by atoms with E-state index in [1.54, 1.807) is 17.3 Å². The van der Waals surface area contributed by atoms with Crippen LogP contribution in [0.4, 0.5) is 23.1 Å². The highest BCUT2D eigenvalue weighted by Crippen LogP contribution is 2.28. The summed E-state index contributed by atoms with van der Waals surface area (Å²) in [6.45, 7) is 5.14. The summed E-state index contributed by atoms with van der Waals surface area (Å²) < 4.78 is 0. The average Bonchev–Trinajstić information content (AvgIpc) is 3.00. The van der Waals surface area contributed by atoms with E-state index in [0.717, 1.165) is 17.9 Å². The lowest BCUT2D eigenvalue weighted by molar-refractivity contribution is 0.0989. The van der Waals surface area contributed by atoms with Crippen LogP contribution >= 0.6 is 0 Å². The number of fused-ring (bicyclic) bond motifs is 1. The number of hydrogen-bond acceptors (Lipinski definition) is 9. The van der Waals surface area contributed by atoms with Gasteiger partial charge in [0, 0.05) is 63.6 Å². The number of benzene rings is 2. The molecule has 10 heteroatoms. The monoisotopic (exact) mass is 501 g/mol. The summed E-state index contributed by atoms with van der Waals surface area (Å²) in [5, 5.41) is 4.59. The molecule has 1 aromatic heterocycles. The van der Waals surface area contributed by atoms with Gasteiger partial charge in [0.1, 0.15) is 11.4 Å². The first kappa shape index (κ1) is 25.9. The van der Waals surface area contributed by atoms with Crippen molar-refractivity contribution in [3.8, 4) is 0 Å². The third-order valence-corrected chi connectivity index (χ3v) is 6.09. The highest BCUT2D eigenvalue weighted by molar-refractivity contribution is 6.09. The number of nitrogens with two attached hydrogens (primary N) is 2. The molecule has 0 radical (unpaired) electrons. The van der Waals surface area contributed by atoms with E-state index >= 15 is 0 Å². The normalized spacial score (nSPS) is 14.0. The molecule has 5 N–H and O–H groups in total. The molecular formula is C27H35N9O. The molecule has 4 rings (SSSR count). The number of hydrazine groups is 1. The SMILES string of the molecule is CCNc1ncc2c(n1)N(C)CCN(c1cccc(N(N)/C=C(\N)CN(C)Cc3ccccc3)c1)C2=O. The molecule has 0 saturated carbocycles. The van der Waals surface area contributed by atoms with Crippen molar-refractivity contribution in [3.05, 3.63) is 83.8 Å². The topological polar surface area (TPSA) is 120 Å². The van der Waals surface area contributed by atoms with Crippen LogP contribution in [0.1, 0.15) is 22.8 Å². The van der Waals surface area contributed by atoms with Crippen molar-refractivity contribution >= 4 is 29.0 Å². The number of rotatable bonds is 9. The Hall–Kier alpha value is -4.15. The van der Waals surface area contributed by atoms with E-state index in [1.165, 1.54) is 10.6 Å². The lowest BCUT2D eigenvalue weighted by Crippen LogP contribution is -2.34. The molecule has 0 fully saturated rings. The van der Waals surface area contributed by atoms with Crippen LogP contribution in [-0.2, 0) is 6.54 Å². The Bertz CT molecular complexity index is 1250. The van der Waals surface area contributed by atoms with Gasteiger partial charge in [-0.3, -0.25) is 14.7 Å². The highest BCUT2D eigenvalue weighted by atomic mass is 16.2. The summed E-state index contributed by atoms with van der Waals surface area (Å²) in [6.07, 6.45) is 3.30. The Balaban J connectivity index is 1.49. The maximum absolute atomic E-state index is 13.5. The Morgan fingerprint density at radius 3 is 2.70 bits per heavy atom. The second-order valence-electron chi connectivity index (χ2n) is 9.13. The van der Waals surface area contributed by atoms with E-state index in [1.807, 2.05) is 68.4 Å². The summed E-state index contributed by atoms with van der Waals surface area (Å²) in [7, 11) is 3.94. The second kappa shape index (κ2) is 11.7. The van der Waals surface area contributed by atoms with E-state index in [4.69, 9.17) is 11.6 Å². The van der Waals surface area contributed by atoms with Crippen molar-refractivity contribution in [1.82, 2.24) is 14.9 Å². The van der Waals surface area contributed by atoms with Crippen molar-refractivity contribution in [2.45, 2.75) is 13.5 Å². The molecule has 37 heavy (non-hydrogen) atoms. The Labute approximate surface area is 218 Å². The second-order valence-corrected chi connectivity index (χ2v) is 9.13. The van der Waals surface area contributed by atoms with Crippen molar-refractivity contribution in [2.24, 2.45) is 11.6 Å². The first-order valence-corrected chi connectivity index (χ1v) is 12.3. The molecule has 3 aromatic rings. The molecule has 2 aromatic carbocycles. The van der Waals surface area contributed by atoms with Gasteiger partial charge in [-0.05, 0) is 37.7 Å². The largest absolute Gasteiger partial charge is 0.400 e. The number of likely N-dealkylation sites (N-methyl/N-ethyl adjacent to an activating group) is 2. The number of nitrogens with one attached hydrogen (secondary N) is 1. The number of nitrogens with zero attached hydrogens (tertiary/aromatic N) is 6. The predicted molar refractivity (Wildman–Crippen MR) is 149 cm³/mol. The quantitative estimate of drug-likeness (QED) is 0.300. The van der Waals surface area contributed by atoms with Gasteiger partial charge in [-0.2, -0.15) is 4.98 Å². The number of aromatic nitrogens is 2. The molecule has 10 nitrogen and oxygen atoms in total. The minimum atomic E-state index is -0.152. The molecule has 1 aliphatic rings. The number of amides is 1. The summed E-state index contributed by atoms with van der Waals surface area (Å²) in [6, 6.07) is 17.8. The lowest BCUT2D eigenvalue weighted by Gasteiger charge is -2.23. The van der Waals surface area contributed by atoms with Gasteiger partial charge in [0.15, 0.2) is 0 Å². The van der Waals surface area contributed by atoms with Gasteiger partial charge >= 0.3 is 0 Å². The van der Waals surface area contributed by atoms with Crippen LogP contribution < -0.4 is 31.7 Å². The van der Waals surface area contributed by atoms with Gasteiger partial charge in [0.05, 0.1) is 5.69 Å². The van der Waals surface area contributed by atoms with Crippen LogP contribution in [0.15, 0.2) is 72.7 Å². The molecule has 0 atom stereocenters. The highest BCUT2D eigenvalue weighted by Gasteiger charge is 2.28. The summed E-state index contributed by atoms with van der Waals surface area (Å²) in [5.41, 5.74) is 10.1. The van der Waals surface area contributed by atoms with Crippen molar-refractivity contribution in [2.75, 3.05) is 60.4 Å². The van der Waals surface area contributed by atoms with E-state index in [9.17, 15) is 4.79 Å². The van der Waals surface area contributed by atoms with Gasteiger partial charge in [-0.15, -0.1) is 0 Å². The number of carbonyl (C=O) groups is 1. The molecule has 0 bridgehead atoms. The number of carbonyl (C=O) groups excluding carboxylic acids is 1. The molecule has 0 saturated heterocycles. The smallest absolute Gasteiger partial charge is 0.263 e. The number of anilines is 4. The van der Waals surface area contributed by atoms with Crippen molar-refractivity contribution < 1.29 is 4.79 Å². The molecule has 194 valence electrons. The minimum absolute atomic E-state index is 0.152. The summed E-state index contributed by atoms with van der Waals surface area (Å²) in [4.78, 5) is 28.2. The van der Waals surface area contributed by atoms with E-state index in [2.05, 4.69) is 32.3 Å². The van der Waals surface area contributed by atoms with Gasteiger partial charge < -0.3 is 20.9 Å². The molecule has 1 aliphatic heterocycles. The van der Waals surface area contributed by atoms with Crippen LogP contribution in [0.3, 0.4) is 0 Å². The molecule has 1 amide bonds. The van der Waals surface area contributed by atoms with Crippen molar-refractivity contribution in [1.29, 1.82) is 0 Å². The van der Waals surface area contributed by atoms with Gasteiger partial charge in [0.25, 0.3) is 5.91 Å². The number of hydrogen-bond donors (Lipinski definition) is 3. The Morgan fingerprint density at radius 2 is 1.95 bits per heavy atom. The summed E-state index contributed by atoms with van der Waals surface area (Å²) >= 11 is 0. The predicted octanol–water partition coefficient (Wildman–Crippen LogP) is 2.62. The van der Waals surface area contributed by atoms with Crippen LogP contribution in [0.2, 0.25) is 0 Å². The van der Waals surface area contributed by atoms with Gasteiger partial charge in [0.2, 0.25) is 5.95 Å². The summed E-state index contributed by atoms with van der Waals surface area (Å²) in [5.74, 6) is 7.32. The standard InChI is InChI=1S/C27H35N9O/c1-4-30-27-31-16-24-25(32-27)34(3)13-14-35(26(24)37)22-11-8-12-23(15-22)36(29)19-21(28)18-33(2)17-20-9-6-5-7-10-20/h5-12,15-16,19H,4,13-14,17-18,28-29H2,1-3H3,(H,30,31,32)/b21-19-. The molecule has 0 aliphatic carbocycles. The fraction of sp³-hybridized carbons (Fsp3) is 0.296. The fourth-order valence-corrected chi connectivity index (χ4v) is 4.29. The van der Waals surface area contributed by atoms with Crippen molar-refractivity contribution in [3.63, 3.8) is 0 Å². The Morgan fingerprint density at radius 1 is 1.16 bits per heavy atom. The lowest BCUT2D eigenvalue weighted by atomic mass is 10.2. The van der Waals surface area contributed by atoms with E-state index in [-0.39, 0.29) is 5.91 Å².